The number of hydrogen-bond acceptors (Lipinski definition) is 5. The fourth-order valence-corrected chi connectivity index (χ4v) is 2.33. The molecule has 24 heavy (non-hydrogen) atoms. The van der Waals surface area contributed by atoms with Crippen LogP contribution in [0.5, 0.6) is 17.2 Å². The third kappa shape index (κ3) is 4.80. The van der Waals surface area contributed by atoms with Gasteiger partial charge in [0.25, 0.3) is 0 Å². The molecule has 0 saturated heterocycles. The number of hydrogen-bond donors (Lipinski definition) is 1. The predicted octanol–water partition coefficient (Wildman–Crippen LogP) is 3.88. The van der Waals surface area contributed by atoms with Crippen molar-refractivity contribution in [2.45, 2.75) is 13.5 Å². The maximum Gasteiger partial charge on any atom is 0.161 e. The lowest BCUT2D eigenvalue weighted by Gasteiger charge is -2.09. The third-order valence-electron chi connectivity index (χ3n) is 3.30. The number of nitrogens with zero attached hydrogens (tertiary/aromatic N) is 1. The van der Waals surface area contributed by atoms with Gasteiger partial charge in [0.2, 0.25) is 0 Å². The molecule has 0 amide bonds. The Morgan fingerprint density at radius 1 is 1.04 bits per heavy atom. The van der Waals surface area contributed by atoms with Gasteiger partial charge in [0.1, 0.15) is 5.75 Å². The minimum Gasteiger partial charge on any atom is -0.493 e. The van der Waals surface area contributed by atoms with Gasteiger partial charge >= 0.3 is 0 Å². The Bertz CT molecular complexity index is 705. The normalized spacial score (nSPS) is 10.7. The summed E-state index contributed by atoms with van der Waals surface area (Å²) in [6.45, 7) is 3.08. The fourth-order valence-electron chi connectivity index (χ4n) is 2.15. The van der Waals surface area contributed by atoms with Crippen LogP contribution in [0, 0.1) is 0 Å². The Hall–Kier alpha value is -2.40. The Balaban J connectivity index is 2.01. The van der Waals surface area contributed by atoms with E-state index in [0.717, 1.165) is 16.9 Å². The van der Waals surface area contributed by atoms with Gasteiger partial charge in [0.05, 0.1) is 33.6 Å². The van der Waals surface area contributed by atoms with Gasteiger partial charge in [-0.25, -0.2) is 0 Å². The largest absolute Gasteiger partial charge is 0.493 e. The molecule has 1 N–H and O–H groups in total. The molecule has 128 valence electrons. The van der Waals surface area contributed by atoms with Gasteiger partial charge in [0, 0.05) is 10.6 Å². The van der Waals surface area contributed by atoms with Crippen LogP contribution in [0.15, 0.2) is 41.5 Å². The van der Waals surface area contributed by atoms with Crippen molar-refractivity contribution in [3.63, 3.8) is 0 Å². The molecule has 0 radical (unpaired) electrons. The highest BCUT2D eigenvalue weighted by Crippen LogP contribution is 2.27. The molecule has 0 heterocycles. The number of benzene rings is 2. The van der Waals surface area contributed by atoms with Crippen LogP contribution in [-0.4, -0.2) is 27.0 Å². The van der Waals surface area contributed by atoms with Gasteiger partial charge in [-0.1, -0.05) is 17.7 Å². The first-order valence-electron chi connectivity index (χ1n) is 7.57. The van der Waals surface area contributed by atoms with Crippen molar-refractivity contribution in [1.82, 2.24) is 5.43 Å². The molecule has 0 fully saturated rings. The summed E-state index contributed by atoms with van der Waals surface area (Å²) in [6, 6.07) is 11.2. The number of halogens is 1. The van der Waals surface area contributed by atoms with Crippen LogP contribution in [0.25, 0.3) is 0 Å². The molecule has 2 aromatic rings. The second-order valence-electron chi connectivity index (χ2n) is 4.90. The molecule has 0 aliphatic heterocycles. The smallest absolute Gasteiger partial charge is 0.161 e. The van der Waals surface area contributed by atoms with Crippen LogP contribution < -0.4 is 19.6 Å². The average molecular weight is 349 g/mol. The van der Waals surface area contributed by atoms with Crippen LogP contribution in [0.4, 0.5) is 0 Å². The average Bonchev–Trinajstić information content (AvgIpc) is 2.60. The molecule has 0 aliphatic carbocycles. The zero-order valence-electron chi connectivity index (χ0n) is 14.0. The van der Waals surface area contributed by atoms with E-state index in [4.69, 9.17) is 25.8 Å². The number of rotatable bonds is 8. The van der Waals surface area contributed by atoms with Gasteiger partial charge in [-0.15, -0.1) is 0 Å². The van der Waals surface area contributed by atoms with E-state index in [1.54, 1.807) is 26.5 Å². The molecular formula is C18H21ClN2O3. The van der Waals surface area contributed by atoms with E-state index < -0.39 is 0 Å². The van der Waals surface area contributed by atoms with E-state index in [0.29, 0.717) is 29.7 Å². The van der Waals surface area contributed by atoms with Crippen molar-refractivity contribution < 1.29 is 14.2 Å². The van der Waals surface area contributed by atoms with Crippen LogP contribution >= 0.6 is 11.6 Å². The molecule has 6 heteroatoms. The topological polar surface area (TPSA) is 52.1 Å². The summed E-state index contributed by atoms with van der Waals surface area (Å²) < 4.78 is 16.1. The monoisotopic (exact) mass is 348 g/mol. The minimum absolute atomic E-state index is 0.557. The summed E-state index contributed by atoms with van der Waals surface area (Å²) in [6.07, 6.45) is 1.69. The quantitative estimate of drug-likeness (QED) is 0.581. The molecular weight excluding hydrogens is 328 g/mol. The van der Waals surface area contributed by atoms with Gasteiger partial charge in [0.15, 0.2) is 11.5 Å². The van der Waals surface area contributed by atoms with Crippen LogP contribution in [0.2, 0.25) is 5.02 Å². The third-order valence-corrected chi connectivity index (χ3v) is 3.53. The molecule has 2 rings (SSSR count). The van der Waals surface area contributed by atoms with E-state index in [9.17, 15) is 0 Å². The first-order valence-corrected chi connectivity index (χ1v) is 7.95. The highest BCUT2D eigenvalue weighted by Gasteiger charge is 2.04. The molecule has 0 aliphatic rings. The van der Waals surface area contributed by atoms with Gasteiger partial charge in [-0.2, -0.15) is 5.10 Å². The maximum absolute atomic E-state index is 6.02. The van der Waals surface area contributed by atoms with Crippen LogP contribution in [0.3, 0.4) is 0 Å². The van der Waals surface area contributed by atoms with Crippen LogP contribution in [-0.2, 0) is 6.54 Å². The second-order valence-corrected chi connectivity index (χ2v) is 5.33. The summed E-state index contributed by atoms with van der Waals surface area (Å²) in [4.78, 5) is 0. The molecule has 0 atom stereocenters. The van der Waals surface area contributed by atoms with E-state index in [1.165, 1.54) is 0 Å². The molecule has 0 unspecified atom stereocenters. The molecule has 0 aromatic heterocycles. The van der Waals surface area contributed by atoms with E-state index in [2.05, 4.69) is 10.5 Å². The van der Waals surface area contributed by atoms with Crippen molar-refractivity contribution in [3.8, 4) is 17.2 Å². The standard InChI is InChI=1S/C18H21ClN2O3/c1-4-24-16-8-6-15(19)10-14(16)12-21-20-11-13-5-7-17(22-2)18(9-13)23-3/h5-10,12,20H,4,11H2,1-3H3/b21-12-. The molecule has 0 bridgehead atoms. The van der Waals surface area contributed by atoms with Crippen molar-refractivity contribution in [3.05, 3.63) is 52.5 Å². The van der Waals surface area contributed by atoms with Crippen molar-refractivity contribution in [2.24, 2.45) is 5.10 Å². The highest BCUT2D eigenvalue weighted by molar-refractivity contribution is 6.30. The summed E-state index contributed by atoms with van der Waals surface area (Å²) in [7, 11) is 3.22. The van der Waals surface area contributed by atoms with Gasteiger partial charge in [-0.05, 0) is 42.8 Å². The zero-order valence-corrected chi connectivity index (χ0v) is 14.8. The second kappa shape index (κ2) is 9.03. The first kappa shape index (κ1) is 17.9. The first-order chi connectivity index (χ1) is 11.7. The lowest BCUT2D eigenvalue weighted by Crippen LogP contribution is -2.06. The SMILES string of the molecule is CCOc1ccc(Cl)cc1/C=N\NCc1ccc(OC)c(OC)c1. The van der Waals surface area contributed by atoms with Crippen molar-refractivity contribution in [1.29, 1.82) is 0 Å². The molecule has 0 spiro atoms. The predicted molar refractivity (Wildman–Crippen MR) is 96.6 cm³/mol. The van der Waals surface area contributed by atoms with Crippen molar-refractivity contribution >= 4 is 17.8 Å². The summed E-state index contributed by atoms with van der Waals surface area (Å²) >= 11 is 6.02. The van der Waals surface area contributed by atoms with Gasteiger partial charge in [-0.3, -0.25) is 0 Å². The van der Waals surface area contributed by atoms with E-state index in [-0.39, 0.29) is 0 Å². The number of nitrogens with one attached hydrogen (secondary N) is 1. The molecule has 5 nitrogen and oxygen atoms in total. The van der Waals surface area contributed by atoms with Crippen molar-refractivity contribution in [2.75, 3.05) is 20.8 Å². The van der Waals surface area contributed by atoms with E-state index in [1.807, 2.05) is 37.3 Å². The fraction of sp³-hybridized carbons (Fsp3) is 0.278. The highest BCUT2D eigenvalue weighted by atomic mass is 35.5. The van der Waals surface area contributed by atoms with Crippen LogP contribution in [0.1, 0.15) is 18.1 Å². The lowest BCUT2D eigenvalue weighted by molar-refractivity contribution is 0.340. The number of ether oxygens (including phenoxy) is 3. The zero-order chi connectivity index (χ0) is 17.4. The Kier molecular flexibility index (Phi) is 6.75. The van der Waals surface area contributed by atoms with E-state index >= 15 is 0 Å². The minimum atomic E-state index is 0.557. The maximum atomic E-state index is 6.02. The summed E-state index contributed by atoms with van der Waals surface area (Å²) in [5.41, 5.74) is 4.85. The molecule has 0 saturated carbocycles. The summed E-state index contributed by atoms with van der Waals surface area (Å²) in [5.74, 6) is 2.14. The molecule has 2 aromatic carbocycles. The van der Waals surface area contributed by atoms with Gasteiger partial charge < -0.3 is 19.6 Å². The number of methoxy groups -OCH3 is 2. The Morgan fingerprint density at radius 3 is 2.50 bits per heavy atom. The summed E-state index contributed by atoms with van der Waals surface area (Å²) in [5, 5.41) is 4.87. The lowest BCUT2D eigenvalue weighted by atomic mass is 10.2. The Labute approximate surface area is 147 Å². The Morgan fingerprint density at radius 2 is 1.79 bits per heavy atom. The number of hydrazone groups is 1.